The van der Waals surface area contributed by atoms with Gasteiger partial charge in [-0.05, 0) is 63.6 Å². The van der Waals surface area contributed by atoms with Gasteiger partial charge in [-0.25, -0.2) is 0 Å². The Kier molecular flexibility index (Phi) is 6.83. The van der Waals surface area contributed by atoms with Crippen molar-refractivity contribution in [1.29, 1.82) is 5.26 Å². The molecule has 0 aromatic heterocycles. The molecule has 2 rings (SSSR count). The van der Waals surface area contributed by atoms with Crippen LogP contribution < -0.4 is 5.32 Å². The number of piperidine rings is 1. The van der Waals surface area contributed by atoms with Crippen LogP contribution in [0.3, 0.4) is 0 Å². The Hall–Kier alpha value is -2.06. The summed E-state index contributed by atoms with van der Waals surface area (Å²) in [5, 5.41) is 21.6. The van der Waals surface area contributed by atoms with Crippen molar-refractivity contribution in [3.05, 3.63) is 29.8 Å². The normalized spacial score (nSPS) is 15.7. The summed E-state index contributed by atoms with van der Waals surface area (Å²) in [7, 11) is 0. The Morgan fingerprint density at radius 1 is 1.40 bits per heavy atom. The molecule has 0 bridgehead atoms. The smallest absolute Gasteiger partial charge is 0.253 e. The van der Waals surface area contributed by atoms with E-state index in [9.17, 15) is 9.90 Å². The lowest BCUT2D eigenvalue weighted by molar-refractivity contribution is 0.0651. The minimum absolute atomic E-state index is 0.0608. The first-order valence-electron chi connectivity index (χ1n) is 9.10. The summed E-state index contributed by atoms with van der Waals surface area (Å²) >= 11 is 0. The van der Waals surface area contributed by atoms with Gasteiger partial charge in [0.25, 0.3) is 5.91 Å². The summed E-state index contributed by atoms with van der Waals surface area (Å²) in [4.78, 5) is 14.5. The largest absolute Gasteiger partial charge is 0.396 e. The van der Waals surface area contributed by atoms with Crippen LogP contribution in [0.5, 0.6) is 0 Å². The fourth-order valence-electron chi connectivity index (χ4n) is 3.08. The summed E-state index contributed by atoms with van der Waals surface area (Å²) < 4.78 is 0. The number of rotatable bonds is 7. The number of hydrogen-bond acceptors (Lipinski definition) is 4. The Morgan fingerprint density at radius 3 is 2.76 bits per heavy atom. The summed E-state index contributed by atoms with van der Waals surface area (Å²) in [6, 6.07) is 9.92. The number of hydrogen-bond donors (Lipinski definition) is 2. The molecule has 0 unspecified atom stereocenters. The third kappa shape index (κ3) is 5.75. The molecule has 136 valence electrons. The predicted molar refractivity (Wildman–Crippen MR) is 99.3 cm³/mol. The molecule has 5 heteroatoms. The molecule has 2 N–H and O–H groups in total. The van der Waals surface area contributed by atoms with Gasteiger partial charge in [-0.1, -0.05) is 6.07 Å². The van der Waals surface area contributed by atoms with Crippen LogP contribution in [0, 0.1) is 22.7 Å². The first kappa shape index (κ1) is 19.3. The van der Waals surface area contributed by atoms with E-state index in [0.29, 0.717) is 24.6 Å². The van der Waals surface area contributed by atoms with Gasteiger partial charge in [0.05, 0.1) is 11.5 Å². The van der Waals surface area contributed by atoms with Gasteiger partial charge in [0, 0.05) is 37.5 Å². The molecule has 25 heavy (non-hydrogen) atoms. The van der Waals surface area contributed by atoms with E-state index in [1.54, 1.807) is 0 Å². The van der Waals surface area contributed by atoms with E-state index in [1.165, 1.54) is 0 Å². The number of nitrogens with zero attached hydrogens (tertiary/aromatic N) is 2. The molecule has 1 aromatic carbocycles. The van der Waals surface area contributed by atoms with Crippen LogP contribution in [-0.2, 0) is 0 Å². The van der Waals surface area contributed by atoms with Crippen molar-refractivity contribution in [1.82, 2.24) is 4.90 Å². The summed E-state index contributed by atoms with van der Waals surface area (Å²) in [5.41, 5.74) is 1.34. The molecule has 0 spiro atoms. The monoisotopic (exact) mass is 343 g/mol. The Morgan fingerprint density at radius 2 is 2.12 bits per heavy atom. The van der Waals surface area contributed by atoms with Crippen molar-refractivity contribution in [2.45, 2.75) is 39.5 Å². The lowest BCUT2D eigenvalue weighted by Crippen LogP contribution is -2.39. The number of benzene rings is 1. The molecule has 1 aliphatic heterocycles. The highest BCUT2D eigenvalue weighted by Crippen LogP contribution is 2.22. The Balaban J connectivity index is 1.86. The molecule has 1 aliphatic rings. The van der Waals surface area contributed by atoms with Crippen LogP contribution >= 0.6 is 0 Å². The van der Waals surface area contributed by atoms with Gasteiger partial charge in [0.2, 0.25) is 0 Å². The molecule has 1 fully saturated rings. The van der Waals surface area contributed by atoms with E-state index < -0.39 is 0 Å². The van der Waals surface area contributed by atoms with E-state index >= 15 is 0 Å². The molecule has 0 atom stereocenters. The van der Waals surface area contributed by atoms with Crippen molar-refractivity contribution in [2.24, 2.45) is 11.3 Å². The van der Waals surface area contributed by atoms with Crippen molar-refractivity contribution in [3.63, 3.8) is 0 Å². The minimum atomic E-state index is -0.291. The maximum absolute atomic E-state index is 12.6. The average molecular weight is 343 g/mol. The maximum atomic E-state index is 12.6. The van der Waals surface area contributed by atoms with Gasteiger partial charge in [0.15, 0.2) is 0 Å². The molecule has 0 saturated carbocycles. The van der Waals surface area contributed by atoms with Gasteiger partial charge in [-0.15, -0.1) is 0 Å². The second-order valence-electron chi connectivity index (χ2n) is 7.52. The second-order valence-corrected chi connectivity index (χ2v) is 7.52. The standard InChI is InChI=1S/C20H29N3O2/c1-20(2,15-21)9-4-10-22-18-6-3-5-17(13-18)19(25)23-11-7-16(14-24)8-12-23/h3,5-6,13,16,22,24H,4,7-12,14H2,1-2H3. The number of aliphatic hydroxyl groups excluding tert-OH is 1. The van der Waals surface area contributed by atoms with Gasteiger partial charge < -0.3 is 15.3 Å². The quantitative estimate of drug-likeness (QED) is 0.745. The lowest BCUT2D eigenvalue weighted by atomic mass is 9.90. The maximum Gasteiger partial charge on any atom is 0.253 e. The molecular weight excluding hydrogens is 314 g/mol. The third-order valence-electron chi connectivity index (χ3n) is 4.88. The second kappa shape index (κ2) is 8.87. The van der Waals surface area contributed by atoms with Crippen LogP contribution in [0.4, 0.5) is 5.69 Å². The van der Waals surface area contributed by atoms with Crippen LogP contribution in [0.1, 0.15) is 49.9 Å². The molecule has 1 amide bonds. The van der Waals surface area contributed by atoms with E-state index in [0.717, 1.165) is 37.9 Å². The predicted octanol–water partition coefficient (Wildman–Crippen LogP) is 3.27. The van der Waals surface area contributed by atoms with Crippen LogP contribution in [0.25, 0.3) is 0 Å². The number of anilines is 1. The van der Waals surface area contributed by atoms with Gasteiger partial charge in [-0.2, -0.15) is 5.26 Å². The van der Waals surface area contributed by atoms with Crippen molar-refractivity contribution >= 4 is 11.6 Å². The Bertz CT molecular complexity index is 614. The molecule has 1 saturated heterocycles. The zero-order valence-corrected chi connectivity index (χ0v) is 15.3. The van der Waals surface area contributed by atoms with E-state index in [2.05, 4.69) is 11.4 Å². The van der Waals surface area contributed by atoms with Crippen LogP contribution in [0.2, 0.25) is 0 Å². The summed E-state index contributed by atoms with van der Waals surface area (Å²) in [5.74, 6) is 0.389. The van der Waals surface area contributed by atoms with Crippen molar-refractivity contribution in [2.75, 3.05) is 31.6 Å². The zero-order chi connectivity index (χ0) is 18.3. The van der Waals surface area contributed by atoms with Gasteiger partial charge in [-0.3, -0.25) is 4.79 Å². The van der Waals surface area contributed by atoms with Gasteiger partial charge >= 0.3 is 0 Å². The number of nitriles is 1. The molecular formula is C20H29N3O2. The minimum Gasteiger partial charge on any atom is -0.396 e. The zero-order valence-electron chi connectivity index (χ0n) is 15.3. The molecule has 1 aromatic rings. The number of aliphatic hydroxyl groups is 1. The molecule has 5 nitrogen and oxygen atoms in total. The number of likely N-dealkylation sites (tertiary alicyclic amines) is 1. The number of carbonyl (C=O) groups is 1. The lowest BCUT2D eigenvalue weighted by Gasteiger charge is -2.31. The Labute approximate surface area is 150 Å². The first-order valence-corrected chi connectivity index (χ1v) is 9.10. The number of nitrogens with one attached hydrogen (secondary N) is 1. The molecule has 1 heterocycles. The van der Waals surface area contributed by atoms with Crippen molar-refractivity contribution < 1.29 is 9.90 Å². The number of amides is 1. The van der Waals surface area contributed by atoms with Crippen LogP contribution in [0.15, 0.2) is 24.3 Å². The molecule has 0 aliphatic carbocycles. The fourth-order valence-corrected chi connectivity index (χ4v) is 3.08. The summed E-state index contributed by atoms with van der Waals surface area (Å²) in [6.07, 6.45) is 3.49. The fraction of sp³-hybridized carbons (Fsp3) is 0.600. The third-order valence-corrected chi connectivity index (χ3v) is 4.88. The van der Waals surface area contributed by atoms with E-state index in [1.807, 2.05) is 43.0 Å². The molecule has 0 radical (unpaired) electrons. The highest BCUT2D eigenvalue weighted by Gasteiger charge is 2.23. The van der Waals surface area contributed by atoms with Crippen LogP contribution in [-0.4, -0.2) is 42.2 Å². The van der Waals surface area contributed by atoms with Crippen molar-refractivity contribution in [3.8, 4) is 6.07 Å². The highest BCUT2D eigenvalue weighted by molar-refractivity contribution is 5.95. The topological polar surface area (TPSA) is 76.4 Å². The van der Waals surface area contributed by atoms with E-state index in [-0.39, 0.29) is 17.9 Å². The number of carbonyl (C=O) groups excluding carboxylic acids is 1. The highest BCUT2D eigenvalue weighted by atomic mass is 16.3. The average Bonchev–Trinajstić information content (AvgIpc) is 2.65. The summed E-state index contributed by atoms with van der Waals surface area (Å²) in [6.45, 7) is 6.32. The van der Waals surface area contributed by atoms with Gasteiger partial charge in [0.1, 0.15) is 0 Å². The van der Waals surface area contributed by atoms with E-state index in [4.69, 9.17) is 5.26 Å². The first-order chi connectivity index (χ1) is 11.9. The SMILES string of the molecule is CC(C)(C#N)CCCNc1cccc(C(=O)N2CCC(CO)CC2)c1.